The van der Waals surface area contributed by atoms with Crippen LogP contribution in [0.5, 0.6) is 11.5 Å². The lowest BCUT2D eigenvalue weighted by molar-refractivity contribution is -0.127. The largest absolute Gasteiger partial charge is 0.494 e. The van der Waals surface area contributed by atoms with Gasteiger partial charge in [0.2, 0.25) is 0 Å². The van der Waals surface area contributed by atoms with Crippen LogP contribution in [0.1, 0.15) is 19.4 Å². The van der Waals surface area contributed by atoms with Crippen LogP contribution in [0.3, 0.4) is 0 Å². The summed E-state index contributed by atoms with van der Waals surface area (Å²) in [5, 5.41) is 5.14. The topological polar surface area (TPSA) is 47.6 Å². The highest BCUT2D eigenvalue weighted by molar-refractivity contribution is 5.84. The molecule has 0 unspecified atom stereocenters. The second-order valence-corrected chi connectivity index (χ2v) is 6.07. The van der Waals surface area contributed by atoms with Gasteiger partial charge in [0.1, 0.15) is 11.5 Å². The van der Waals surface area contributed by atoms with Crippen LogP contribution in [0.2, 0.25) is 0 Å². The lowest BCUT2D eigenvalue weighted by atomic mass is 10.1. The highest BCUT2D eigenvalue weighted by Crippen LogP contribution is 2.21. The molecule has 0 aliphatic heterocycles. The molecule has 0 heterocycles. The Kier molecular flexibility index (Phi) is 5.74. The molecule has 134 valence electrons. The third kappa shape index (κ3) is 4.54. The standard InChI is InChI=1S/C22H23NO3/c1-3-25-20-10-6-7-17(13-20)15-23-22(24)16(2)26-21-12-11-18-8-4-5-9-19(18)14-21/h4-14,16H,3,15H2,1-2H3,(H,23,24)/t16-/m1/s1. The summed E-state index contributed by atoms with van der Waals surface area (Å²) in [5.74, 6) is 1.34. The molecule has 0 spiro atoms. The molecular weight excluding hydrogens is 326 g/mol. The molecule has 0 saturated carbocycles. The minimum Gasteiger partial charge on any atom is -0.494 e. The molecule has 0 fully saturated rings. The van der Waals surface area contributed by atoms with Crippen molar-refractivity contribution in [3.05, 3.63) is 72.3 Å². The van der Waals surface area contributed by atoms with Gasteiger partial charge in [-0.1, -0.05) is 42.5 Å². The molecule has 3 rings (SSSR count). The van der Waals surface area contributed by atoms with Crippen LogP contribution in [-0.4, -0.2) is 18.6 Å². The molecule has 0 aliphatic rings. The molecule has 1 atom stereocenters. The van der Waals surface area contributed by atoms with Gasteiger partial charge in [0.05, 0.1) is 6.61 Å². The maximum Gasteiger partial charge on any atom is 0.261 e. The first kappa shape index (κ1) is 17.8. The SMILES string of the molecule is CCOc1cccc(CNC(=O)[C@@H](C)Oc2ccc3ccccc3c2)c1. The summed E-state index contributed by atoms with van der Waals surface area (Å²) in [4.78, 5) is 12.3. The highest BCUT2D eigenvalue weighted by atomic mass is 16.5. The van der Waals surface area contributed by atoms with Gasteiger partial charge in [0.15, 0.2) is 6.10 Å². The zero-order valence-corrected chi connectivity index (χ0v) is 15.1. The second kappa shape index (κ2) is 8.39. The number of fused-ring (bicyclic) bond motifs is 1. The van der Waals surface area contributed by atoms with Crippen LogP contribution >= 0.6 is 0 Å². The van der Waals surface area contributed by atoms with Crippen LogP contribution in [-0.2, 0) is 11.3 Å². The lowest BCUT2D eigenvalue weighted by Gasteiger charge is -2.15. The van der Waals surface area contributed by atoms with Crippen LogP contribution < -0.4 is 14.8 Å². The van der Waals surface area contributed by atoms with E-state index in [9.17, 15) is 4.79 Å². The summed E-state index contributed by atoms with van der Waals surface area (Å²) in [6, 6.07) is 21.6. The normalized spacial score (nSPS) is 11.8. The van der Waals surface area contributed by atoms with Crippen LogP contribution in [0.15, 0.2) is 66.7 Å². The van der Waals surface area contributed by atoms with Gasteiger partial charge in [-0.2, -0.15) is 0 Å². The van der Waals surface area contributed by atoms with E-state index in [2.05, 4.69) is 5.32 Å². The van der Waals surface area contributed by atoms with E-state index in [1.807, 2.05) is 73.7 Å². The third-order valence-electron chi connectivity index (χ3n) is 4.08. The molecule has 0 aromatic heterocycles. The maximum absolute atomic E-state index is 12.3. The van der Waals surface area contributed by atoms with Gasteiger partial charge in [-0.3, -0.25) is 4.79 Å². The Balaban J connectivity index is 1.57. The molecule has 0 bridgehead atoms. The number of hydrogen-bond donors (Lipinski definition) is 1. The average molecular weight is 349 g/mol. The van der Waals surface area contributed by atoms with E-state index in [4.69, 9.17) is 9.47 Å². The van der Waals surface area contributed by atoms with E-state index in [-0.39, 0.29) is 5.91 Å². The van der Waals surface area contributed by atoms with E-state index in [0.29, 0.717) is 18.9 Å². The Morgan fingerprint density at radius 3 is 2.58 bits per heavy atom. The fraction of sp³-hybridized carbons (Fsp3) is 0.227. The monoisotopic (exact) mass is 349 g/mol. The third-order valence-corrected chi connectivity index (χ3v) is 4.08. The van der Waals surface area contributed by atoms with Crippen molar-refractivity contribution in [2.24, 2.45) is 0 Å². The van der Waals surface area contributed by atoms with E-state index >= 15 is 0 Å². The fourth-order valence-corrected chi connectivity index (χ4v) is 2.74. The van der Waals surface area contributed by atoms with Gasteiger partial charge in [-0.15, -0.1) is 0 Å². The summed E-state index contributed by atoms with van der Waals surface area (Å²) in [7, 11) is 0. The van der Waals surface area contributed by atoms with Gasteiger partial charge in [-0.25, -0.2) is 0 Å². The quantitative estimate of drug-likeness (QED) is 0.691. The van der Waals surface area contributed by atoms with Crippen molar-refractivity contribution in [1.82, 2.24) is 5.32 Å². The van der Waals surface area contributed by atoms with E-state index in [0.717, 1.165) is 22.1 Å². The number of nitrogens with one attached hydrogen (secondary N) is 1. The van der Waals surface area contributed by atoms with Crippen molar-refractivity contribution in [1.29, 1.82) is 0 Å². The summed E-state index contributed by atoms with van der Waals surface area (Å²) in [5.41, 5.74) is 0.988. The Morgan fingerprint density at radius 2 is 1.77 bits per heavy atom. The molecule has 1 amide bonds. The first-order chi connectivity index (χ1) is 12.7. The molecule has 3 aromatic carbocycles. The molecule has 4 heteroatoms. The molecule has 4 nitrogen and oxygen atoms in total. The predicted octanol–water partition coefficient (Wildman–Crippen LogP) is 4.32. The molecule has 0 radical (unpaired) electrons. The van der Waals surface area contributed by atoms with Crippen molar-refractivity contribution in [3.63, 3.8) is 0 Å². The Bertz CT molecular complexity index is 891. The summed E-state index contributed by atoms with van der Waals surface area (Å²) in [6.45, 7) is 4.75. The lowest BCUT2D eigenvalue weighted by Crippen LogP contribution is -2.35. The van der Waals surface area contributed by atoms with Gasteiger partial charge in [0.25, 0.3) is 5.91 Å². The van der Waals surface area contributed by atoms with Gasteiger partial charge in [0, 0.05) is 6.54 Å². The average Bonchev–Trinajstić information content (AvgIpc) is 2.66. The van der Waals surface area contributed by atoms with Crippen molar-refractivity contribution in [2.75, 3.05) is 6.61 Å². The molecule has 26 heavy (non-hydrogen) atoms. The van der Waals surface area contributed by atoms with Crippen molar-refractivity contribution < 1.29 is 14.3 Å². The second-order valence-electron chi connectivity index (χ2n) is 6.07. The minimum atomic E-state index is -0.578. The number of amides is 1. The van der Waals surface area contributed by atoms with Gasteiger partial charge >= 0.3 is 0 Å². The zero-order valence-electron chi connectivity index (χ0n) is 15.1. The fourth-order valence-electron chi connectivity index (χ4n) is 2.74. The number of rotatable bonds is 7. The van der Waals surface area contributed by atoms with Gasteiger partial charge in [-0.05, 0) is 54.4 Å². The molecule has 3 aromatic rings. The first-order valence-corrected chi connectivity index (χ1v) is 8.80. The Morgan fingerprint density at radius 1 is 0.962 bits per heavy atom. The Labute approximate surface area is 153 Å². The van der Waals surface area contributed by atoms with Crippen molar-refractivity contribution >= 4 is 16.7 Å². The van der Waals surface area contributed by atoms with Crippen molar-refractivity contribution in [3.8, 4) is 11.5 Å². The number of benzene rings is 3. The minimum absolute atomic E-state index is 0.153. The van der Waals surface area contributed by atoms with Gasteiger partial charge < -0.3 is 14.8 Å². The predicted molar refractivity (Wildman–Crippen MR) is 103 cm³/mol. The number of ether oxygens (including phenoxy) is 2. The molecule has 1 N–H and O–H groups in total. The zero-order chi connectivity index (χ0) is 18.4. The summed E-state index contributed by atoms with van der Waals surface area (Å²) in [6.07, 6.45) is -0.578. The van der Waals surface area contributed by atoms with Crippen LogP contribution in [0.4, 0.5) is 0 Å². The first-order valence-electron chi connectivity index (χ1n) is 8.80. The maximum atomic E-state index is 12.3. The van der Waals surface area contributed by atoms with Crippen molar-refractivity contribution in [2.45, 2.75) is 26.5 Å². The smallest absolute Gasteiger partial charge is 0.261 e. The van der Waals surface area contributed by atoms with E-state index in [1.165, 1.54) is 0 Å². The molecule has 0 saturated heterocycles. The highest BCUT2D eigenvalue weighted by Gasteiger charge is 2.14. The molecular formula is C22H23NO3. The van der Waals surface area contributed by atoms with Crippen LogP contribution in [0, 0.1) is 0 Å². The summed E-state index contributed by atoms with van der Waals surface area (Å²) >= 11 is 0. The Hall–Kier alpha value is -3.01. The number of carbonyl (C=O) groups is 1. The molecule has 0 aliphatic carbocycles. The number of hydrogen-bond acceptors (Lipinski definition) is 3. The summed E-state index contributed by atoms with van der Waals surface area (Å²) < 4.78 is 11.3. The van der Waals surface area contributed by atoms with Crippen LogP contribution in [0.25, 0.3) is 10.8 Å². The van der Waals surface area contributed by atoms with E-state index in [1.54, 1.807) is 6.92 Å². The van der Waals surface area contributed by atoms with E-state index < -0.39 is 6.10 Å². The number of carbonyl (C=O) groups excluding carboxylic acids is 1.